The Kier molecular flexibility index (Phi) is 7.69. The third-order valence-corrected chi connectivity index (χ3v) is 6.69. The van der Waals surface area contributed by atoms with Gasteiger partial charge in [-0.25, -0.2) is 8.42 Å². The Hall–Kier alpha value is -2.15. The molecular formula is C23H27ClN2O3S. The summed E-state index contributed by atoms with van der Waals surface area (Å²) in [5.41, 5.74) is 1.15. The van der Waals surface area contributed by atoms with Crippen molar-refractivity contribution in [3.63, 3.8) is 0 Å². The Morgan fingerprint density at radius 2 is 1.77 bits per heavy atom. The normalized spacial score (nSPS) is 14.9. The number of aromatic nitrogens is 1. The van der Waals surface area contributed by atoms with Gasteiger partial charge in [-0.3, -0.25) is 4.98 Å². The fraction of sp³-hybridized carbons (Fsp3) is 0.348. The van der Waals surface area contributed by atoms with Crippen LogP contribution in [-0.2, 0) is 16.4 Å². The van der Waals surface area contributed by atoms with Gasteiger partial charge in [0.1, 0.15) is 5.75 Å². The average molecular weight is 447 g/mol. The van der Waals surface area contributed by atoms with Crippen LogP contribution in [0, 0.1) is 0 Å². The van der Waals surface area contributed by atoms with Crippen molar-refractivity contribution in [3.05, 3.63) is 65.4 Å². The molecule has 0 saturated heterocycles. The summed E-state index contributed by atoms with van der Waals surface area (Å²) in [5, 5.41) is 15.0. The first-order valence-electron chi connectivity index (χ1n) is 10.1. The summed E-state index contributed by atoms with van der Waals surface area (Å²) in [5.74, 6) is 0.107. The lowest BCUT2D eigenvalue weighted by atomic mass is 9.95. The number of hydrogen-bond donors (Lipinski definition) is 2. The van der Waals surface area contributed by atoms with E-state index in [1.165, 1.54) is 38.4 Å². The van der Waals surface area contributed by atoms with Crippen LogP contribution in [-0.4, -0.2) is 30.8 Å². The molecule has 1 fully saturated rings. The van der Waals surface area contributed by atoms with Crippen molar-refractivity contribution in [2.24, 2.45) is 0 Å². The Morgan fingerprint density at radius 3 is 2.43 bits per heavy atom. The topological polar surface area (TPSA) is 79.3 Å². The van der Waals surface area contributed by atoms with Gasteiger partial charge in [-0.2, -0.15) is 0 Å². The number of pyridine rings is 1. The molecule has 0 unspecified atom stereocenters. The second-order valence-corrected chi connectivity index (χ2v) is 10.1. The molecule has 1 aliphatic carbocycles. The maximum atomic E-state index is 11.3. The van der Waals surface area contributed by atoms with E-state index in [1.54, 1.807) is 36.7 Å². The lowest BCUT2D eigenvalue weighted by Gasteiger charge is -2.22. The zero-order valence-corrected chi connectivity index (χ0v) is 18.6. The van der Waals surface area contributed by atoms with Crippen LogP contribution in [0.4, 0.5) is 0 Å². The molecule has 4 rings (SSSR count). The highest BCUT2D eigenvalue weighted by molar-refractivity contribution is 7.90. The van der Waals surface area contributed by atoms with Crippen LogP contribution in [0.15, 0.2) is 59.8 Å². The van der Waals surface area contributed by atoms with Crippen molar-refractivity contribution < 1.29 is 13.5 Å². The molecule has 3 aromatic rings. The van der Waals surface area contributed by atoms with Crippen molar-refractivity contribution >= 4 is 32.2 Å². The molecule has 1 saturated carbocycles. The lowest BCUT2D eigenvalue weighted by Crippen LogP contribution is -2.30. The Morgan fingerprint density at radius 1 is 1.07 bits per heavy atom. The maximum absolute atomic E-state index is 11.3. The molecule has 1 aliphatic rings. The molecule has 30 heavy (non-hydrogen) atoms. The minimum atomic E-state index is -3.08. The first-order chi connectivity index (χ1) is 14.3. The van der Waals surface area contributed by atoms with E-state index in [0.29, 0.717) is 16.0 Å². The molecule has 2 aromatic carbocycles. The molecule has 1 heterocycles. The highest BCUT2D eigenvalue weighted by Crippen LogP contribution is 2.28. The minimum Gasteiger partial charge on any atom is -0.506 e. The van der Waals surface area contributed by atoms with Gasteiger partial charge in [0.2, 0.25) is 0 Å². The van der Waals surface area contributed by atoms with E-state index in [4.69, 9.17) is 11.6 Å². The number of fused-ring (bicyclic) bond motifs is 1. The highest BCUT2D eigenvalue weighted by Gasteiger charge is 2.12. The van der Waals surface area contributed by atoms with E-state index in [0.717, 1.165) is 22.9 Å². The standard InChI is InChI=1S/C14H21NO2S.C9H6ClNO/c1-18(16,17)14-9-7-12(8-10-14)11-15-13-5-3-2-4-6-13;10-8-3-7-5-11-2-1-6(7)4-9(8)12/h7-10,13,15H,2-6,11H2,1H3;1-5,12H. The third-order valence-electron chi connectivity index (χ3n) is 5.26. The lowest BCUT2D eigenvalue weighted by molar-refractivity contribution is 0.372. The van der Waals surface area contributed by atoms with E-state index in [1.807, 2.05) is 18.2 Å². The van der Waals surface area contributed by atoms with Crippen LogP contribution in [0.2, 0.25) is 5.02 Å². The summed E-state index contributed by atoms with van der Waals surface area (Å²) in [7, 11) is -3.08. The maximum Gasteiger partial charge on any atom is 0.175 e. The largest absolute Gasteiger partial charge is 0.506 e. The summed E-state index contributed by atoms with van der Waals surface area (Å²) in [6.45, 7) is 0.828. The Balaban J connectivity index is 0.000000184. The zero-order chi connectivity index (χ0) is 21.6. The average Bonchev–Trinajstić information content (AvgIpc) is 2.74. The number of nitrogens with zero attached hydrogens (tertiary/aromatic N) is 1. The molecule has 7 heteroatoms. The fourth-order valence-electron chi connectivity index (χ4n) is 3.52. The molecule has 0 atom stereocenters. The molecule has 0 radical (unpaired) electrons. The predicted molar refractivity (Wildman–Crippen MR) is 122 cm³/mol. The van der Waals surface area contributed by atoms with Crippen LogP contribution in [0.1, 0.15) is 37.7 Å². The van der Waals surface area contributed by atoms with Crippen LogP contribution < -0.4 is 5.32 Å². The van der Waals surface area contributed by atoms with E-state index in [9.17, 15) is 13.5 Å². The van der Waals surface area contributed by atoms with E-state index in [-0.39, 0.29) is 5.75 Å². The molecule has 0 spiro atoms. The van der Waals surface area contributed by atoms with Crippen LogP contribution >= 0.6 is 11.6 Å². The van der Waals surface area contributed by atoms with Crippen LogP contribution in [0.25, 0.3) is 10.8 Å². The Labute approximate surface area is 183 Å². The van der Waals surface area contributed by atoms with Gasteiger partial charge in [0.05, 0.1) is 9.92 Å². The second-order valence-electron chi connectivity index (χ2n) is 7.66. The number of phenols is 1. The second kappa shape index (κ2) is 10.2. The molecule has 0 amide bonds. The summed E-state index contributed by atoms with van der Waals surface area (Å²) in [6, 6.07) is 12.9. The van der Waals surface area contributed by atoms with E-state index < -0.39 is 9.84 Å². The van der Waals surface area contributed by atoms with Gasteiger partial charge in [-0.1, -0.05) is 43.0 Å². The van der Waals surface area contributed by atoms with Gasteiger partial charge < -0.3 is 10.4 Å². The number of benzene rings is 2. The Bertz CT molecular complexity index is 1040. The summed E-state index contributed by atoms with van der Waals surface area (Å²) >= 11 is 5.71. The first-order valence-corrected chi connectivity index (χ1v) is 12.3. The number of halogens is 1. The molecular weight excluding hydrogens is 420 g/mol. The van der Waals surface area contributed by atoms with Gasteiger partial charge >= 0.3 is 0 Å². The van der Waals surface area contributed by atoms with Gasteiger partial charge in [0.25, 0.3) is 0 Å². The number of phenolic OH excluding ortho intramolecular Hbond substituents is 1. The predicted octanol–water partition coefficient (Wildman–Crippen LogP) is 5.11. The number of aromatic hydroxyl groups is 1. The SMILES string of the molecule is CS(=O)(=O)c1ccc(CNC2CCCCC2)cc1.Oc1cc2ccncc2cc1Cl. The molecule has 1 aromatic heterocycles. The molecule has 160 valence electrons. The van der Waals surface area contributed by atoms with Gasteiger partial charge in [-0.15, -0.1) is 0 Å². The molecule has 2 N–H and O–H groups in total. The fourth-order valence-corrected chi connectivity index (χ4v) is 4.32. The quantitative estimate of drug-likeness (QED) is 0.582. The molecule has 0 bridgehead atoms. The third kappa shape index (κ3) is 6.42. The van der Waals surface area contributed by atoms with Crippen LogP contribution in [0.3, 0.4) is 0 Å². The minimum absolute atomic E-state index is 0.107. The van der Waals surface area contributed by atoms with Crippen LogP contribution in [0.5, 0.6) is 5.75 Å². The summed E-state index contributed by atoms with van der Waals surface area (Å²) in [4.78, 5) is 4.34. The zero-order valence-electron chi connectivity index (χ0n) is 17.0. The highest BCUT2D eigenvalue weighted by atomic mass is 35.5. The van der Waals surface area contributed by atoms with Crippen molar-refractivity contribution in [2.45, 2.75) is 49.6 Å². The summed E-state index contributed by atoms with van der Waals surface area (Å²) < 4.78 is 22.7. The van der Waals surface area contributed by atoms with E-state index >= 15 is 0 Å². The first kappa shape index (κ1) is 22.5. The number of nitrogens with one attached hydrogen (secondary N) is 1. The van der Waals surface area contributed by atoms with Gasteiger partial charge in [0.15, 0.2) is 9.84 Å². The van der Waals surface area contributed by atoms with Crippen molar-refractivity contribution in [3.8, 4) is 5.75 Å². The molecule has 0 aliphatic heterocycles. The summed E-state index contributed by atoms with van der Waals surface area (Å²) in [6.07, 6.45) is 11.2. The number of hydrogen-bond acceptors (Lipinski definition) is 5. The van der Waals surface area contributed by atoms with Crippen molar-refractivity contribution in [1.29, 1.82) is 0 Å². The molecule has 5 nitrogen and oxygen atoms in total. The monoisotopic (exact) mass is 446 g/mol. The number of sulfone groups is 1. The van der Waals surface area contributed by atoms with Crippen molar-refractivity contribution in [1.82, 2.24) is 10.3 Å². The van der Waals surface area contributed by atoms with Gasteiger partial charge in [0, 0.05) is 36.6 Å². The smallest absolute Gasteiger partial charge is 0.175 e. The van der Waals surface area contributed by atoms with Crippen molar-refractivity contribution in [2.75, 3.05) is 6.26 Å². The van der Waals surface area contributed by atoms with Gasteiger partial charge in [-0.05, 0) is 54.1 Å². The number of rotatable bonds is 4. The van der Waals surface area contributed by atoms with E-state index in [2.05, 4.69) is 10.3 Å².